The third-order valence-corrected chi connectivity index (χ3v) is 7.88. The van der Waals surface area contributed by atoms with Gasteiger partial charge >= 0.3 is 0 Å². The van der Waals surface area contributed by atoms with Gasteiger partial charge < -0.3 is 14.5 Å². The number of piperidine rings is 1. The Morgan fingerprint density at radius 1 is 0.900 bits per heavy atom. The van der Waals surface area contributed by atoms with Gasteiger partial charge in [0.1, 0.15) is 24.2 Å². The Labute approximate surface area is 232 Å². The van der Waals surface area contributed by atoms with Crippen molar-refractivity contribution in [1.29, 1.82) is 0 Å². The van der Waals surface area contributed by atoms with Crippen molar-refractivity contribution in [1.82, 2.24) is 15.1 Å². The first-order valence-electron chi connectivity index (χ1n) is 13.6. The van der Waals surface area contributed by atoms with Crippen LogP contribution in [-0.2, 0) is 29.3 Å². The Bertz CT molecular complexity index is 1420. The summed E-state index contributed by atoms with van der Waals surface area (Å²) >= 11 is 0. The lowest BCUT2D eigenvalue weighted by atomic mass is 10.0. The number of anilines is 1. The molecule has 0 spiro atoms. The molecule has 3 amide bonds. The number of hydrogen-bond acceptors (Lipinski definition) is 6. The van der Waals surface area contributed by atoms with Gasteiger partial charge in [0.2, 0.25) is 11.8 Å². The van der Waals surface area contributed by atoms with E-state index in [1.54, 1.807) is 6.07 Å². The molecular weight excluding hydrogens is 511 g/mol. The largest absolute Gasteiger partial charge is 0.489 e. The molecule has 0 bridgehead atoms. The molecule has 3 aromatic rings. The summed E-state index contributed by atoms with van der Waals surface area (Å²) in [5.74, 6) is -0.765. The van der Waals surface area contributed by atoms with Crippen LogP contribution in [0.25, 0.3) is 0 Å². The molecule has 2 fully saturated rings. The quantitative estimate of drug-likeness (QED) is 0.461. The van der Waals surface area contributed by atoms with E-state index in [-0.39, 0.29) is 31.2 Å². The lowest BCUT2D eigenvalue weighted by molar-refractivity contribution is -0.136. The van der Waals surface area contributed by atoms with E-state index in [0.29, 0.717) is 36.5 Å². The second kappa shape index (κ2) is 11.1. The van der Waals surface area contributed by atoms with E-state index >= 15 is 4.39 Å². The molecule has 3 aliphatic rings. The van der Waals surface area contributed by atoms with Crippen LogP contribution in [0.2, 0.25) is 0 Å². The summed E-state index contributed by atoms with van der Waals surface area (Å²) in [4.78, 5) is 42.6. The second-order valence-corrected chi connectivity index (χ2v) is 10.5. The van der Waals surface area contributed by atoms with Gasteiger partial charge in [-0.3, -0.25) is 24.6 Å². The molecule has 3 aromatic carbocycles. The highest BCUT2D eigenvalue weighted by Crippen LogP contribution is 2.33. The van der Waals surface area contributed by atoms with Crippen molar-refractivity contribution >= 4 is 23.4 Å². The number of fused-ring (bicyclic) bond motifs is 1. The molecule has 206 valence electrons. The molecule has 0 aliphatic carbocycles. The van der Waals surface area contributed by atoms with Gasteiger partial charge in [-0.05, 0) is 47.4 Å². The summed E-state index contributed by atoms with van der Waals surface area (Å²) in [6.45, 7) is 4.46. The zero-order valence-electron chi connectivity index (χ0n) is 22.1. The van der Waals surface area contributed by atoms with E-state index in [4.69, 9.17) is 4.74 Å². The van der Waals surface area contributed by atoms with Gasteiger partial charge in [-0.25, -0.2) is 4.39 Å². The molecular formula is C31H31FN4O4. The first-order valence-corrected chi connectivity index (χ1v) is 13.6. The number of ether oxygens (including phenoxy) is 1. The highest BCUT2D eigenvalue weighted by atomic mass is 19.1. The maximum absolute atomic E-state index is 15.2. The van der Waals surface area contributed by atoms with Crippen LogP contribution in [-0.4, -0.2) is 59.7 Å². The van der Waals surface area contributed by atoms with Gasteiger partial charge in [-0.1, -0.05) is 42.5 Å². The minimum Gasteiger partial charge on any atom is -0.489 e. The van der Waals surface area contributed by atoms with Crippen LogP contribution >= 0.6 is 0 Å². The molecule has 8 nitrogen and oxygen atoms in total. The Balaban J connectivity index is 1.04. The van der Waals surface area contributed by atoms with Crippen molar-refractivity contribution in [2.75, 3.05) is 31.1 Å². The molecule has 1 N–H and O–H groups in total. The van der Waals surface area contributed by atoms with E-state index in [9.17, 15) is 14.4 Å². The van der Waals surface area contributed by atoms with Gasteiger partial charge in [0.25, 0.3) is 5.91 Å². The molecule has 0 aromatic heterocycles. The van der Waals surface area contributed by atoms with Gasteiger partial charge in [0.05, 0.1) is 5.69 Å². The number of piperazine rings is 1. The Morgan fingerprint density at radius 2 is 1.65 bits per heavy atom. The topological polar surface area (TPSA) is 82.2 Å². The summed E-state index contributed by atoms with van der Waals surface area (Å²) < 4.78 is 21.1. The van der Waals surface area contributed by atoms with Gasteiger partial charge in [0, 0.05) is 51.3 Å². The van der Waals surface area contributed by atoms with Crippen LogP contribution in [0, 0.1) is 5.82 Å². The number of nitrogens with one attached hydrogen (secondary N) is 1. The number of amides is 3. The summed E-state index contributed by atoms with van der Waals surface area (Å²) in [6.07, 6.45) is 0.470. The molecule has 1 unspecified atom stereocenters. The fraction of sp³-hybridized carbons (Fsp3) is 0.323. The minimum atomic E-state index is -0.711. The van der Waals surface area contributed by atoms with Crippen LogP contribution in [0.15, 0.2) is 66.7 Å². The third-order valence-electron chi connectivity index (χ3n) is 7.88. The SMILES string of the molecule is O=C1CCC(N2Cc3cc(N4CCN(Cc5ccc(OCc6ccccc6)cc5)CC4)c(F)cc3C2=O)C(=O)N1. The number of carbonyl (C=O) groups is 3. The zero-order valence-corrected chi connectivity index (χ0v) is 22.1. The number of halogens is 1. The molecule has 1 atom stereocenters. The average molecular weight is 543 g/mol. The average Bonchev–Trinajstić information content (AvgIpc) is 3.28. The van der Waals surface area contributed by atoms with Gasteiger partial charge in [-0.15, -0.1) is 0 Å². The van der Waals surface area contributed by atoms with Crippen LogP contribution in [0.5, 0.6) is 5.75 Å². The molecule has 3 aliphatic heterocycles. The highest BCUT2D eigenvalue weighted by Gasteiger charge is 2.40. The van der Waals surface area contributed by atoms with E-state index in [0.717, 1.165) is 30.9 Å². The molecule has 40 heavy (non-hydrogen) atoms. The second-order valence-electron chi connectivity index (χ2n) is 10.5. The van der Waals surface area contributed by atoms with Crippen LogP contribution in [0.3, 0.4) is 0 Å². The molecule has 6 rings (SSSR count). The summed E-state index contributed by atoms with van der Waals surface area (Å²) in [7, 11) is 0. The predicted molar refractivity (Wildman–Crippen MR) is 147 cm³/mol. The molecule has 0 radical (unpaired) electrons. The number of rotatable bonds is 7. The number of nitrogens with zero attached hydrogens (tertiary/aromatic N) is 3. The van der Waals surface area contributed by atoms with Crippen LogP contribution in [0.4, 0.5) is 10.1 Å². The van der Waals surface area contributed by atoms with Crippen molar-refractivity contribution in [3.05, 3.63) is 94.8 Å². The van der Waals surface area contributed by atoms with Crippen molar-refractivity contribution in [2.24, 2.45) is 0 Å². The van der Waals surface area contributed by atoms with Gasteiger partial charge in [-0.2, -0.15) is 0 Å². The van der Waals surface area contributed by atoms with Crippen LogP contribution in [0.1, 0.15) is 39.9 Å². The fourth-order valence-electron chi connectivity index (χ4n) is 5.66. The molecule has 2 saturated heterocycles. The maximum Gasteiger partial charge on any atom is 0.255 e. The predicted octanol–water partition coefficient (Wildman–Crippen LogP) is 3.49. The standard InChI is InChI=1S/C31H31FN4O4/c32-26-17-25-23(19-36(31(25)39)27-10-11-29(37)33-30(27)38)16-28(26)35-14-12-34(13-15-35)18-21-6-8-24(9-7-21)40-20-22-4-2-1-3-5-22/h1-9,16-17,27H,10-15,18-20H2,(H,33,37,38). The Morgan fingerprint density at radius 3 is 2.38 bits per heavy atom. The van der Waals surface area contributed by atoms with E-state index in [1.807, 2.05) is 47.4 Å². The summed E-state index contributed by atoms with van der Waals surface area (Å²) in [6, 6.07) is 20.6. The molecule has 0 saturated carbocycles. The van der Waals surface area contributed by atoms with E-state index < -0.39 is 17.8 Å². The summed E-state index contributed by atoms with van der Waals surface area (Å²) in [5, 5.41) is 2.30. The van der Waals surface area contributed by atoms with E-state index in [1.165, 1.54) is 16.5 Å². The first-order chi connectivity index (χ1) is 19.4. The third kappa shape index (κ3) is 5.42. The normalized spacial score (nSPS) is 19.5. The smallest absolute Gasteiger partial charge is 0.255 e. The van der Waals surface area contributed by atoms with Crippen molar-refractivity contribution in [3.63, 3.8) is 0 Å². The zero-order chi connectivity index (χ0) is 27.6. The van der Waals surface area contributed by atoms with Gasteiger partial charge in [0.15, 0.2) is 0 Å². The number of hydrogen-bond donors (Lipinski definition) is 1. The van der Waals surface area contributed by atoms with Crippen molar-refractivity contribution < 1.29 is 23.5 Å². The highest BCUT2D eigenvalue weighted by molar-refractivity contribution is 6.05. The molecule has 9 heteroatoms. The number of benzene rings is 3. The summed E-state index contributed by atoms with van der Waals surface area (Å²) in [5.41, 5.74) is 3.80. The monoisotopic (exact) mass is 542 g/mol. The minimum absolute atomic E-state index is 0.187. The lowest BCUT2D eigenvalue weighted by Gasteiger charge is -2.36. The Kier molecular flexibility index (Phi) is 7.21. The Hall–Kier alpha value is -4.24. The number of imide groups is 1. The number of carbonyl (C=O) groups excluding carboxylic acids is 3. The van der Waals surface area contributed by atoms with Crippen molar-refractivity contribution in [2.45, 2.75) is 38.6 Å². The molecule has 3 heterocycles. The van der Waals surface area contributed by atoms with E-state index in [2.05, 4.69) is 22.3 Å². The maximum atomic E-state index is 15.2. The lowest BCUT2D eigenvalue weighted by Crippen LogP contribution is -2.52. The van der Waals surface area contributed by atoms with Crippen LogP contribution < -0.4 is 15.0 Å². The van der Waals surface area contributed by atoms with Crippen molar-refractivity contribution in [3.8, 4) is 5.75 Å². The first kappa shape index (κ1) is 26.0. The fourth-order valence-corrected chi connectivity index (χ4v) is 5.66.